The normalized spacial score (nSPS) is 11.6. The standard InChI is InChI=1S/C11H18N2O3S2/c1-16-7-6-13-18(14,15)9-8-17-11-4-2-10(12)3-5-11/h2-5,13H,6-9,12H2,1H3. The van der Waals surface area contributed by atoms with Crippen LogP contribution in [-0.2, 0) is 14.8 Å². The fourth-order valence-electron chi connectivity index (χ4n) is 1.20. The van der Waals surface area contributed by atoms with Crippen LogP contribution in [0.15, 0.2) is 29.2 Å². The Bertz CT molecular complexity index is 446. The average molecular weight is 290 g/mol. The zero-order valence-corrected chi connectivity index (χ0v) is 11.9. The molecule has 1 aromatic rings. The molecule has 102 valence electrons. The molecule has 18 heavy (non-hydrogen) atoms. The summed E-state index contributed by atoms with van der Waals surface area (Å²) in [5, 5.41) is 0. The predicted molar refractivity (Wildman–Crippen MR) is 75.2 cm³/mol. The van der Waals surface area contributed by atoms with Crippen molar-refractivity contribution in [3.63, 3.8) is 0 Å². The van der Waals surface area contributed by atoms with Gasteiger partial charge in [0.25, 0.3) is 0 Å². The van der Waals surface area contributed by atoms with Gasteiger partial charge in [0.15, 0.2) is 0 Å². The molecule has 0 unspecified atom stereocenters. The summed E-state index contributed by atoms with van der Waals surface area (Å²) in [6.45, 7) is 0.690. The first-order chi connectivity index (χ1) is 8.53. The molecule has 0 bridgehead atoms. The third-order valence-corrected chi connectivity index (χ3v) is 4.79. The molecule has 0 spiro atoms. The smallest absolute Gasteiger partial charge is 0.212 e. The van der Waals surface area contributed by atoms with E-state index in [2.05, 4.69) is 4.72 Å². The molecule has 3 N–H and O–H groups in total. The van der Waals surface area contributed by atoms with Crippen molar-refractivity contribution in [3.05, 3.63) is 24.3 Å². The molecule has 0 fully saturated rings. The molecule has 0 saturated carbocycles. The van der Waals surface area contributed by atoms with E-state index in [9.17, 15) is 8.42 Å². The quantitative estimate of drug-likeness (QED) is 0.423. The monoisotopic (exact) mass is 290 g/mol. The van der Waals surface area contributed by atoms with Crippen LogP contribution in [0.5, 0.6) is 0 Å². The van der Waals surface area contributed by atoms with Crippen LogP contribution in [0.3, 0.4) is 0 Å². The number of rotatable bonds is 8. The van der Waals surface area contributed by atoms with Gasteiger partial charge in [-0.15, -0.1) is 11.8 Å². The van der Waals surface area contributed by atoms with Crippen LogP contribution in [0, 0.1) is 0 Å². The molecule has 0 radical (unpaired) electrons. The van der Waals surface area contributed by atoms with E-state index in [1.54, 1.807) is 12.1 Å². The number of anilines is 1. The second-order valence-electron chi connectivity index (χ2n) is 3.62. The predicted octanol–water partition coefficient (Wildman–Crippen LogP) is 0.927. The number of methoxy groups -OCH3 is 1. The third-order valence-electron chi connectivity index (χ3n) is 2.13. The first-order valence-corrected chi connectivity index (χ1v) is 8.12. The molecule has 0 aromatic heterocycles. The summed E-state index contributed by atoms with van der Waals surface area (Å²) in [5.41, 5.74) is 6.27. The molecule has 0 atom stereocenters. The molecule has 0 aliphatic heterocycles. The zero-order valence-electron chi connectivity index (χ0n) is 10.3. The summed E-state index contributed by atoms with van der Waals surface area (Å²) in [6, 6.07) is 7.36. The van der Waals surface area contributed by atoms with E-state index in [4.69, 9.17) is 10.5 Å². The summed E-state index contributed by atoms with van der Waals surface area (Å²) < 4.78 is 30.3. The molecule has 1 aromatic carbocycles. The van der Waals surface area contributed by atoms with Gasteiger partial charge in [0.05, 0.1) is 12.4 Å². The Balaban J connectivity index is 2.30. The number of nitrogens with one attached hydrogen (secondary N) is 1. The Morgan fingerprint density at radius 1 is 1.33 bits per heavy atom. The fourth-order valence-corrected chi connectivity index (χ4v) is 3.52. The molecule has 0 aliphatic carbocycles. The van der Waals surface area contributed by atoms with E-state index in [0.717, 1.165) is 4.90 Å². The highest BCUT2D eigenvalue weighted by atomic mass is 32.2. The first kappa shape index (κ1) is 15.3. The number of hydrogen-bond donors (Lipinski definition) is 2. The summed E-state index contributed by atoms with van der Waals surface area (Å²) in [7, 11) is -1.67. The average Bonchev–Trinajstić information content (AvgIpc) is 2.32. The van der Waals surface area contributed by atoms with Crippen molar-refractivity contribution in [1.29, 1.82) is 0 Å². The van der Waals surface area contributed by atoms with E-state index in [-0.39, 0.29) is 5.75 Å². The van der Waals surface area contributed by atoms with E-state index in [1.807, 2.05) is 12.1 Å². The number of nitrogen functional groups attached to an aromatic ring is 1. The molecule has 0 heterocycles. The summed E-state index contributed by atoms with van der Waals surface area (Å²) >= 11 is 1.49. The van der Waals surface area contributed by atoms with Crippen LogP contribution in [0.2, 0.25) is 0 Å². The number of nitrogens with two attached hydrogens (primary N) is 1. The van der Waals surface area contributed by atoms with Gasteiger partial charge in [0.1, 0.15) is 0 Å². The molecular formula is C11H18N2O3S2. The highest BCUT2D eigenvalue weighted by Gasteiger charge is 2.09. The maximum Gasteiger partial charge on any atom is 0.212 e. The van der Waals surface area contributed by atoms with Crippen LogP contribution < -0.4 is 10.5 Å². The van der Waals surface area contributed by atoms with Crippen LogP contribution in [0.1, 0.15) is 0 Å². The van der Waals surface area contributed by atoms with Gasteiger partial charge in [-0.25, -0.2) is 13.1 Å². The van der Waals surface area contributed by atoms with Gasteiger partial charge in [-0.05, 0) is 24.3 Å². The number of hydrogen-bond acceptors (Lipinski definition) is 5. The van der Waals surface area contributed by atoms with Gasteiger partial charge in [-0.3, -0.25) is 0 Å². The van der Waals surface area contributed by atoms with Crippen molar-refractivity contribution in [2.24, 2.45) is 0 Å². The van der Waals surface area contributed by atoms with Gasteiger partial charge in [0.2, 0.25) is 10.0 Å². The molecule has 0 amide bonds. The minimum Gasteiger partial charge on any atom is -0.399 e. The van der Waals surface area contributed by atoms with Crippen molar-refractivity contribution < 1.29 is 13.2 Å². The molecule has 0 saturated heterocycles. The maximum absolute atomic E-state index is 11.5. The highest BCUT2D eigenvalue weighted by molar-refractivity contribution is 8.00. The van der Waals surface area contributed by atoms with Crippen molar-refractivity contribution in [2.45, 2.75) is 4.90 Å². The lowest BCUT2D eigenvalue weighted by Gasteiger charge is -2.06. The Morgan fingerprint density at radius 2 is 2.00 bits per heavy atom. The lowest BCUT2D eigenvalue weighted by Crippen LogP contribution is -2.30. The minimum absolute atomic E-state index is 0.0890. The lowest BCUT2D eigenvalue weighted by molar-refractivity contribution is 0.204. The number of thioether (sulfide) groups is 1. The zero-order chi connectivity index (χ0) is 13.4. The maximum atomic E-state index is 11.5. The second-order valence-corrected chi connectivity index (χ2v) is 6.72. The van der Waals surface area contributed by atoms with Crippen molar-refractivity contribution in [2.75, 3.05) is 37.5 Å². The van der Waals surface area contributed by atoms with E-state index >= 15 is 0 Å². The lowest BCUT2D eigenvalue weighted by atomic mass is 10.3. The third kappa shape index (κ3) is 6.25. The van der Waals surface area contributed by atoms with Crippen molar-refractivity contribution >= 4 is 27.5 Å². The van der Waals surface area contributed by atoms with Crippen LogP contribution >= 0.6 is 11.8 Å². The highest BCUT2D eigenvalue weighted by Crippen LogP contribution is 2.19. The Morgan fingerprint density at radius 3 is 2.61 bits per heavy atom. The van der Waals surface area contributed by atoms with Crippen molar-refractivity contribution in [3.8, 4) is 0 Å². The van der Waals surface area contributed by atoms with E-state index < -0.39 is 10.0 Å². The van der Waals surface area contributed by atoms with Gasteiger partial charge in [-0.2, -0.15) is 0 Å². The summed E-state index contributed by atoms with van der Waals surface area (Å²) in [4.78, 5) is 1.01. The Kier molecular flexibility index (Phi) is 6.48. The molecule has 1 rings (SSSR count). The van der Waals surface area contributed by atoms with E-state index in [1.165, 1.54) is 18.9 Å². The van der Waals surface area contributed by atoms with E-state index in [0.29, 0.717) is 24.6 Å². The SMILES string of the molecule is COCCNS(=O)(=O)CCSc1ccc(N)cc1. The summed E-state index contributed by atoms with van der Waals surface area (Å²) in [6.07, 6.45) is 0. The second kappa shape index (κ2) is 7.63. The largest absolute Gasteiger partial charge is 0.399 e. The molecular weight excluding hydrogens is 272 g/mol. The number of ether oxygens (including phenoxy) is 1. The molecule has 7 heteroatoms. The summed E-state index contributed by atoms with van der Waals surface area (Å²) in [5.74, 6) is 0.595. The van der Waals surface area contributed by atoms with Crippen molar-refractivity contribution in [1.82, 2.24) is 4.72 Å². The topological polar surface area (TPSA) is 81.4 Å². The fraction of sp³-hybridized carbons (Fsp3) is 0.455. The van der Waals surface area contributed by atoms with Gasteiger partial charge >= 0.3 is 0 Å². The van der Waals surface area contributed by atoms with Crippen LogP contribution in [0.25, 0.3) is 0 Å². The van der Waals surface area contributed by atoms with Gasteiger partial charge in [0, 0.05) is 30.0 Å². The first-order valence-electron chi connectivity index (χ1n) is 5.48. The molecule has 0 aliphatic rings. The van der Waals surface area contributed by atoms with Gasteiger partial charge in [-0.1, -0.05) is 0 Å². The number of benzene rings is 1. The Labute approximate surface area is 112 Å². The molecule has 5 nitrogen and oxygen atoms in total. The Hall–Kier alpha value is -0.760. The van der Waals surface area contributed by atoms with Gasteiger partial charge < -0.3 is 10.5 Å². The van der Waals surface area contributed by atoms with Crippen LogP contribution in [-0.4, -0.2) is 40.2 Å². The number of sulfonamides is 1. The minimum atomic E-state index is -3.21. The van der Waals surface area contributed by atoms with Crippen LogP contribution in [0.4, 0.5) is 5.69 Å².